The van der Waals surface area contributed by atoms with Gasteiger partial charge in [0, 0.05) is 25.9 Å². The minimum absolute atomic E-state index is 0.0791. The Morgan fingerprint density at radius 3 is 1.60 bits per heavy atom. The molecule has 0 aromatic rings. The molecule has 0 aliphatic carbocycles. The Balaban J connectivity index is 2.24. The van der Waals surface area contributed by atoms with Crippen molar-refractivity contribution in [2.24, 2.45) is 23.5 Å². The summed E-state index contributed by atoms with van der Waals surface area (Å²) in [7, 11) is 0. The minimum atomic E-state index is -1.41. The van der Waals surface area contributed by atoms with Gasteiger partial charge in [-0.25, -0.2) is 4.79 Å². The topological polar surface area (TPSA) is 324 Å². The number of carbonyl (C=O) groups excluding carboxylic acids is 7. The number of hydrogen-bond acceptors (Lipinski definition) is 11. The number of aliphatic carboxylic acids is 3. The van der Waals surface area contributed by atoms with E-state index in [0.29, 0.717) is 25.7 Å². The van der Waals surface area contributed by atoms with Crippen LogP contribution in [-0.2, 0) is 47.9 Å². The molecule has 21 heteroatoms. The number of carboxylic acids is 3. The second kappa shape index (κ2) is 24.0. The molecule has 0 bridgehead atoms. The molecule has 10 N–H and O–H groups in total. The van der Waals surface area contributed by atoms with E-state index in [2.05, 4.69) is 26.6 Å². The minimum Gasteiger partial charge on any atom is -0.481 e. The van der Waals surface area contributed by atoms with Gasteiger partial charge in [-0.3, -0.25) is 43.2 Å². The van der Waals surface area contributed by atoms with Gasteiger partial charge >= 0.3 is 17.9 Å². The van der Waals surface area contributed by atoms with E-state index in [-0.39, 0.29) is 45.2 Å². The summed E-state index contributed by atoms with van der Waals surface area (Å²) >= 11 is 0. The molecule has 2 saturated heterocycles. The number of amides is 7. The van der Waals surface area contributed by atoms with E-state index in [1.165, 1.54) is 9.80 Å². The van der Waals surface area contributed by atoms with Crippen molar-refractivity contribution in [3.63, 3.8) is 0 Å². The zero-order valence-electron chi connectivity index (χ0n) is 35.4. The third-order valence-corrected chi connectivity index (χ3v) is 11.2. The number of carboxylic acid groups (broad SMARTS) is 3. The van der Waals surface area contributed by atoms with Gasteiger partial charge in [0.25, 0.3) is 0 Å². The molecule has 338 valence electrons. The summed E-state index contributed by atoms with van der Waals surface area (Å²) in [6, 6.07) is -8.25. The third-order valence-electron chi connectivity index (χ3n) is 11.2. The summed E-state index contributed by atoms with van der Waals surface area (Å²) in [6.07, 6.45) is 0.688. The van der Waals surface area contributed by atoms with E-state index in [4.69, 9.17) is 10.8 Å². The van der Waals surface area contributed by atoms with E-state index < -0.39 is 132 Å². The highest BCUT2D eigenvalue weighted by molar-refractivity contribution is 5.98. The van der Waals surface area contributed by atoms with Crippen molar-refractivity contribution in [1.82, 2.24) is 36.4 Å². The molecule has 9 atom stereocenters. The van der Waals surface area contributed by atoms with Crippen LogP contribution < -0.4 is 32.3 Å². The van der Waals surface area contributed by atoms with Crippen molar-refractivity contribution in [3.8, 4) is 0 Å². The molecule has 0 saturated carbocycles. The molecule has 2 rings (SSSR count). The summed E-state index contributed by atoms with van der Waals surface area (Å²) < 4.78 is 0. The maximum atomic E-state index is 14.1. The first-order valence-electron chi connectivity index (χ1n) is 20.7. The predicted molar refractivity (Wildman–Crippen MR) is 213 cm³/mol. The molecule has 0 spiro atoms. The van der Waals surface area contributed by atoms with Crippen molar-refractivity contribution < 1.29 is 63.3 Å². The lowest BCUT2D eigenvalue weighted by molar-refractivity contribution is -0.145. The Labute approximate surface area is 349 Å². The monoisotopic (exact) mass is 852 g/mol. The van der Waals surface area contributed by atoms with Gasteiger partial charge in [0.1, 0.15) is 36.3 Å². The first kappa shape index (κ1) is 50.8. The SMILES string of the molecule is CC[C@H](C)[C@H](NC(=O)[C@@H](NC(=O)[C@@H]1CCCN1C(=O)[C@H](CCC(=O)O)NC(=O)[C@@H]1CCCN1C(=O)CNC(=O)[C@@H](N)CCC(=O)O)[C@@H](C)CC)C(=O)N[C@H](C(=O)O)C(C)C. The molecule has 21 nitrogen and oxygen atoms in total. The first-order valence-corrected chi connectivity index (χ1v) is 20.7. The van der Waals surface area contributed by atoms with E-state index >= 15 is 0 Å². The number of nitrogens with two attached hydrogens (primary N) is 1. The lowest BCUT2D eigenvalue weighted by Gasteiger charge is -2.33. The molecule has 2 heterocycles. The fraction of sp³-hybridized carbons (Fsp3) is 0.744. The maximum Gasteiger partial charge on any atom is 0.326 e. The molecule has 7 amide bonds. The molecule has 2 aliphatic rings. The molecule has 60 heavy (non-hydrogen) atoms. The van der Waals surface area contributed by atoms with Crippen molar-refractivity contribution in [3.05, 3.63) is 0 Å². The van der Waals surface area contributed by atoms with Crippen molar-refractivity contribution >= 4 is 59.3 Å². The normalized spacial score (nSPS) is 19.8. The smallest absolute Gasteiger partial charge is 0.326 e. The number of carbonyl (C=O) groups is 10. The standard InChI is InChI=1S/C39H64N8O13/c1-7-21(5)31(37(57)45-32(22(6)8-2)36(56)43-30(20(3)4)39(59)60)44-35(55)26-12-10-18-47(26)38(58)24(14-16-29(51)52)42-34(54)25-11-9-17-46(25)27(48)19-41-33(53)23(40)13-15-28(49)50/h20-26,30-32H,7-19,40H2,1-6H3,(H,41,53)(H,42,54)(H,43,56)(H,44,55)(H,45,57)(H,49,50)(H,51,52)(H,59,60)/t21-,22-,23-,24-,25-,26-,30-,31-,32-/m0/s1. The van der Waals surface area contributed by atoms with Crippen LogP contribution in [0.2, 0.25) is 0 Å². The zero-order valence-corrected chi connectivity index (χ0v) is 35.4. The van der Waals surface area contributed by atoms with Crippen LogP contribution in [0.25, 0.3) is 0 Å². The third kappa shape index (κ3) is 14.7. The number of likely N-dealkylation sites (tertiary alicyclic amines) is 2. The van der Waals surface area contributed by atoms with Crippen molar-refractivity contribution in [2.45, 2.75) is 148 Å². The van der Waals surface area contributed by atoms with E-state index in [1.807, 2.05) is 0 Å². The van der Waals surface area contributed by atoms with Crippen molar-refractivity contribution in [2.75, 3.05) is 19.6 Å². The summed E-state index contributed by atoms with van der Waals surface area (Å²) in [5.41, 5.74) is 5.71. The summed E-state index contributed by atoms with van der Waals surface area (Å²) in [5, 5.41) is 40.8. The van der Waals surface area contributed by atoms with Crippen LogP contribution >= 0.6 is 0 Å². The lowest BCUT2D eigenvalue weighted by Crippen LogP contribution is -2.61. The number of rotatable bonds is 24. The molecular weight excluding hydrogens is 788 g/mol. The Morgan fingerprint density at radius 1 is 0.633 bits per heavy atom. The largest absolute Gasteiger partial charge is 0.481 e. The molecular formula is C39H64N8O13. The second-order valence-corrected chi connectivity index (χ2v) is 16.0. The Kier molecular flexibility index (Phi) is 20.4. The highest BCUT2D eigenvalue weighted by Gasteiger charge is 2.42. The molecule has 0 unspecified atom stereocenters. The molecule has 0 aromatic carbocycles. The quantitative estimate of drug-likeness (QED) is 0.0558. The van der Waals surface area contributed by atoms with Gasteiger partial charge in [-0.15, -0.1) is 0 Å². The average Bonchev–Trinajstić information content (AvgIpc) is 3.90. The highest BCUT2D eigenvalue weighted by Crippen LogP contribution is 2.23. The fourth-order valence-electron chi connectivity index (χ4n) is 7.09. The number of nitrogens with one attached hydrogen (secondary N) is 5. The van der Waals surface area contributed by atoms with Crippen LogP contribution in [0.3, 0.4) is 0 Å². The van der Waals surface area contributed by atoms with Crippen LogP contribution in [0.4, 0.5) is 0 Å². The Bertz CT molecular complexity index is 1590. The van der Waals surface area contributed by atoms with Crippen LogP contribution in [0, 0.1) is 17.8 Å². The number of nitrogens with zero attached hydrogens (tertiary/aromatic N) is 2. The van der Waals surface area contributed by atoms with Crippen LogP contribution in [0.15, 0.2) is 0 Å². The van der Waals surface area contributed by atoms with Gasteiger partial charge in [0.05, 0.1) is 12.6 Å². The predicted octanol–water partition coefficient (Wildman–Crippen LogP) is -1.09. The molecule has 0 aromatic heterocycles. The van der Waals surface area contributed by atoms with Gasteiger partial charge in [-0.1, -0.05) is 54.4 Å². The highest BCUT2D eigenvalue weighted by atomic mass is 16.4. The van der Waals surface area contributed by atoms with Crippen LogP contribution in [0.1, 0.15) is 106 Å². The van der Waals surface area contributed by atoms with E-state index in [1.54, 1.807) is 41.5 Å². The summed E-state index contributed by atoms with van der Waals surface area (Å²) in [6.45, 7) is 10.0. The zero-order chi connectivity index (χ0) is 45.4. The second-order valence-electron chi connectivity index (χ2n) is 16.0. The van der Waals surface area contributed by atoms with Gasteiger partial charge < -0.3 is 57.4 Å². The van der Waals surface area contributed by atoms with Gasteiger partial charge in [-0.05, 0) is 56.3 Å². The van der Waals surface area contributed by atoms with E-state index in [9.17, 15) is 58.2 Å². The Hall–Kier alpha value is -5.34. The lowest BCUT2D eigenvalue weighted by atomic mass is 9.94. The van der Waals surface area contributed by atoms with Gasteiger partial charge in [-0.2, -0.15) is 0 Å². The summed E-state index contributed by atoms with van der Waals surface area (Å²) in [4.78, 5) is 131. The summed E-state index contributed by atoms with van der Waals surface area (Å²) in [5.74, 6) is -9.87. The maximum absolute atomic E-state index is 14.1. The van der Waals surface area contributed by atoms with Gasteiger partial charge in [0.15, 0.2) is 0 Å². The van der Waals surface area contributed by atoms with Crippen molar-refractivity contribution in [1.29, 1.82) is 0 Å². The first-order chi connectivity index (χ1) is 28.1. The Morgan fingerprint density at radius 2 is 1.10 bits per heavy atom. The molecule has 0 radical (unpaired) electrons. The van der Waals surface area contributed by atoms with E-state index in [0.717, 1.165) is 0 Å². The van der Waals surface area contributed by atoms with Crippen LogP contribution in [-0.4, -0.2) is 146 Å². The average molecular weight is 853 g/mol. The van der Waals surface area contributed by atoms with Crippen LogP contribution in [0.5, 0.6) is 0 Å². The molecule has 2 fully saturated rings. The fourth-order valence-corrected chi connectivity index (χ4v) is 7.09. The van der Waals surface area contributed by atoms with Gasteiger partial charge in [0.2, 0.25) is 41.4 Å². The molecule has 2 aliphatic heterocycles. The number of hydrogen-bond donors (Lipinski definition) is 9.